The zero-order valence-corrected chi connectivity index (χ0v) is 9.37. The van der Waals surface area contributed by atoms with Crippen LogP contribution in [0, 0.1) is 6.92 Å². The molecular formula is C11H13ClN2O. The summed E-state index contributed by atoms with van der Waals surface area (Å²) in [6.07, 6.45) is 3.00. The third-order valence-electron chi connectivity index (χ3n) is 2.88. The molecule has 1 atom stereocenters. The van der Waals surface area contributed by atoms with Crippen molar-refractivity contribution in [2.75, 3.05) is 6.54 Å². The minimum absolute atomic E-state index is 0.187. The molecule has 1 unspecified atom stereocenters. The van der Waals surface area contributed by atoms with Gasteiger partial charge in [0.05, 0.1) is 6.04 Å². The fourth-order valence-corrected chi connectivity index (χ4v) is 2.33. The third-order valence-corrected chi connectivity index (χ3v) is 3.09. The fraction of sp³-hybridized carbons (Fsp3) is 0.455. The van der Waals surface area contributed by atoms with Crippen LogP contribution in [0.3, 0.4) is 0 Å². The summed E-state index contributed by atoms with van der Waals surface area (Å²) in [6, 6.07) is 3.94. The Hall–Kier alpha value is -1.09. The van der Waals surface area contributed by atoms with E-state index in [2.05, 4.69) is 4.98 Å². The monoisotopic (exact) mass is 224 g/mol. The summed E-state index contributed by atoms with van der Waals surface area (Å²) in [5, 5.41) is 0.506. The molecule has 0 N–H and O–H groups in total. The average Bonchev–Trinajstić information content (AvgIpc) is 2.65. The van der Waals surface area contributed by atoms with E-state index in [1.54, 1.807) is 6.07 Å². The summed E-state index contributed by atoms with van der Waals surface area (Å²) in [5.41, 5.74) is 2.03. The SMILES string of the molecule is Cc1nc(Cl)ccc1C1CCCN1C=O. The van der Waals surface area contributed by atoms with Gasteiger partial charge in [0.15, 0.2) is 0 Å². The van der Waals surface area contributed by atoms with Gasteiger partial charge in [0.2, 0.25) is 6.41 Å². The Labute approximate surface area is 94.1 Å². The molecule has 1 aliphatic heterocycles. The van der Waals surface area contributed by atoms with Gasteiger partial charge in [-0.05, 0) is 31.4 Å². The van der Waals surface area contributed by atoms with Crippen molar-refractivity contribution in [1.82, 2.24) is 9.88 Å². The summed E-state index contributed by atoms with van der Waals surface area (Å²) in [6.45, 7) is 2.78. The molecule has 0 saturated carbocycles. The van der Waals surface area contributed by atoms with E-state index in [0.717, 1.165) is 37.1 Å². The van der Waals surface area contributed by atoms with Crippen LogP contribution in [-0.2, 0) is 4.79 Å². The predicted molar refractivity (Wildman–Crippen MR) is 58.7 cm³/mol. The van der Waals surface area contributed by atoms with Crippen LogP contribution in [0.25, 0.3) is 0 Å². The Morgan fingerprint density at radius 2 is 2.40 bits per heavy atom. The van der Waals surface area contributed by atoms with Gasteiger partial charge in [-0.1, -0.05) is 17.7 Å². The lowest BCUT2D eigenvalue weighted by Gasteiger charge is -2.21. The number of hydrogen-bond donors (Lipinski definition) is 0. The Morgan fingerprint density at radius 1 is 1.60 bits per heavy atom. The highest BCUT2D eigenvalue weighted by Crippen LogP contribution is 2.32. The molecule has 0 bridgehead atoms. The predicted octanol–water partition coefficient (Wildman–Crippen LogP) is 2.34. The first-order valence-electron chi connectivity index (χ1n) is 5.06. The molecule has 1 amide bonds. The lowest BCUT2D eigenvalue weighted by Crippen LogP contribution is -2.22. The molecule has 2 rings (SSSR count). The van der Waals surface area contributed by atoms with Gasteiger partial charge in [-0.25, -0.2) is 4.98 Å². The second-order valence-electron chi connectivity index (χ2n) is 3.81. The van der Waals surface area contributed by atoms with Crippen molar-refractivity contribution in [3.05, 3.63) is 28.5 Å². The highest BCUT2D eigenvalue weighted by Gasteiger charge is 2.26. The van der Waals surface area contributed by atoms with Crippen LogP contribution in [0.2, 0.25) is 5.15 Å². The number of pyridine rings is 1. The van der Waals surface area contributed by atoms with Crippen molar-refractivity contribution in [3.63, 3.8) is 0 Å². The first-order valence-corrected chi connectivity index (χ1v) is 5.44. The summed E-state index contributed by atoms with van der Waals surface area (Å²) in [5.74, 6) is 0. The number of amides is 1. The molecule has 15 heavy (non-hydrogen) atoms. The van der Waals surface area contributed by atoms with E-state index >= 15 is 0 Å². The molecule has 1 aromatic heterocycles. The minimum Gasteiger partial charge on any atom is -0.338 e. The van der Waals surface area contributed by atoms with Gasteiger partial charge in [-0.3, -0.25) is 4.79 Å². The smallest absolute Gasteiger partial charge is 0.210 e. The van der Waals surface area contributed by atoms with Gasteiger partial charge < -0.3 is 4.90 Å². The lowest BCUT2D eigenvalue weighted by molar-refractivity contribution is -0.118. The third kappa shape index (κ3) is 1.97. The van der Waals surface area contributed by atoms with Gasteiger partial charge in [0.1, 0.15) is 5.15 Å². The second-order valence-corrected chi connectivity index (χ2v) is 4.20. The maximum Gasteiger partial charge on any atom is 0.210 e. The van der Waals surface area contributed by atoms with Crippen molar-refractivity contribution in [2.24, 2.45) is 0 Å². The number of halogens is 1. The van der Waals surface area contributed by atoms with Crippen LogP contribution in [-0.4, -0.2) is 22.8 Å². The summed E-state index contributed by atoms with van der Waals surface area (Å²) in [7, 11) is 0. The van der Waals surface area contributed by atoms with Crippen LogP contribution in [0.5, 0.6) is 0 Å². The van der Waals surface area contributed by atoms with Crippen molar-refractivity contribution >= 4 is 18.0 Å². The molecule has 2 heterocycles. The number of hydrogen-bond acceptors (Lipinski definition) is 2. The van der Waals surface area contributed by atoms with E-state index < -0.39 is 0 Å². The molecule has 0 aromatic carbocycles. The van der Waals surface area contributed by atoms with Crippen LogP contribution in [0.4, 0.5) is 0 Å². The average molecular weight is 225 g/mol. The largest absolute Gasteiger partial charge is 0.338 e. The van der Waals surface area contributed by atoms with Crippen LogP contribution in [0.15, 0.2) is 12.1 Å². The Morgan fingerprint density at radius 3 is 3.07 bits per heavy atom. The molecule has 1 saturated heterocycles. The lowest BCUT2D eigenvalue weighted by atomic mass is 10.0. The number of aromatic nitrogens is 1. The van der Waals surface area contributed by atoms with Crippen LogP contribution < -0.4 is 0 Å². The fourth-order valence-electron chi connectivity index (χ4n) is 2.14. The minimum atomic E-state index is 0.187. The molecule has 1 aliphatic rings. The van der Waals surface area contributed by atoms with Crippen LogP contribution in [0.1, 0.15) is 30.1 Å². The quantitative estimate of drug-likeness (QED) is 0.571. The van der Waals surface area contributed by atoms with E-state index in [1.165, 1.54) is 0 Å². The molecular weight excluding hydrogens is 212 g/mol. The molecule has 0 radical (unpaired) electrons. The molecule has 80 valence electrons. The number of nitrogens with zero attached hydrogens (tertiary/aromatic N) is 2. The molecule has 0 aliphatic carbocycles. The first kappa shape index (κ1) is 10.4. The number of carbonyl (C=O) groups excluding carboxylic acids is 1. The van der Waals surface area contributed by atoms with Crippen molar-refractivity contribution < 1.29 is 4.79 Å². The van der Waals surface area contributed by atoms with Crippen LogP contribution >= 0.6 is 11.6 Å². The maximum absolute atomic E-state index is 10.8. The van der Waals surface area contributed by atoms with E-state index in [0.29, 0.717) is 5.15 Å². The summed E-state index contributed by atoms with van der Waals surface area (Å²) >= 11 is 5.80. The molecule has 1 fully saturated rings. The number of carbonyl (C=O) groups is 1. The van der Waals surface area contributed by atoms with E-state index in [-0.39, 0.29) is 6.04 Å². The van der Waals surface area contributed by atoms with Gasteiger partial charge in [-0.15, -0.1) is 0 Å². The Balaban J connectivity index is 2.32. The maximum atomic E-state index is 10.8. The zero-order chi connectivity index (χ0) is 10.8. The Kier molecular flexibility index (Phi) is 2.91. The molecule has 3 nitrogen and oxygen atoms in total. The topological polar surface area (TPSA) is 33.2 Å². The molecule has 4 heteroatoms. The van der Waals surface area contributed by atoms with E-state index in [1.807, 2.05) is 17.9 Å². The van der Waals surface area contributed by atoms with Gasteiger partial charge in [-0.2, -0.15) is 0 Å². The second kappa shape index (κ2) is 4.19. The summed E-state index contributed by atoms with van der Waals surface area (Å²) in [4.78, 5) is 16.9. The van der Waals surface area contributed by atoms with Gasteiger partial charge in [0, 0.05) is 12.2 Å². The van der Waals surface area contributed by atoms with Gasteiger partial charge in [0.25, 0.3) is 0 Å². The van der Waals surface area contributed by atoms with Crippen molar-refractivity contribution in [3.8, 4) is 0 Å². The normalized spacial score (nSPS) is 20.7. The van der Waals surface area contributed by atoms with Crippen molar-refractivity contribution in [1.29, 1.82) is 0 Å². The van der Waals surface area contributed by atoms with E-state index in [4.69, 9.17) is 11.6 Å². The van der Waals surface area contributed by atoms with Crippen molar-refractivity contribution in [2.45, 2.75) is 25.8 Å². The highest BCUT2D eigenvalue weighted by molar-refractivity contribution is 6.29. The van der Waals surface area contributed by atoms with Gasteiger partial charge >= 0.3 is 0 Å². The number of aryl methyl sites for hydroxylation is 1. The van der Waals surface area contributed by atoms with E-state index in [9.17, 15) is 4.79 Å². The molecule has 1 aromatic rings. The highest BCUT2D eigenvalue weighted by atomic mass is 35.5. The molecule has 0 spiro atoms. The summed E-state index contributed by atoms with van der Waals surface area (Å²) < 4.78 is 0. The Bertz CT molecular complexity index is 381. The number of rotatable bonds is 2. The zero-order valence-electron chi connectivity index (χ0n) is 8.61. The first-order chi connectivity index (χ1) is 7.22. The number of likely N-dealkylation sites (tertiary alicyclic amines) is 1. The standard InChI is InChI=1S/C11H13ClN2O/c1-8-9(4-5-11(12)13-8)10-3-2-6-14(10)7-15/h4-5,7,10H,2-3,6H2,1H3.